The van der Waals surface area contributed by atoms with Crippen LogP contribution in [0.4, 0.5) is 0 Å². The average molecular weight is 341 g/mol. The third-order valence-corrected chi connectivity index (χ3v) is 4.05. The topological polar surface area (TPSA) is 55.4 Å². The van der Waals surface area contributed by atoms with E-state index in [0.29, 0.717) is 17.6 Å². The van der Waals surface area contributed by atoms with Crippen molar-refractivity contribution in [1.82, 2.24) is 5.32 Å². The highest BCUT2D eigenvalue weighted by atomic mass is 16.5. The number of hydrogen-bond donors (Lipinski definition) is 1. The van der Waals surface area contributed by atoms with E-state index in [-0.39, 0.29) is 5.91 Å². The molecule has 0 aliphatic heterocycles. The summed E-state index contributed by atoms with van der Waals surface area (Å²) < 4.78 is 5.28. The van der Waals surface area contributed by atoms with Gasteiger partial charge >= 0.3 is 0 Å². The van der Waals surface area contributed by atoms with Crippen LogP contribution in [0.3, 0.4) is 0 Å². The van der Waals surface area contributed by atoms with E-state index in [1.165, 1.54) is 5.57 Å². The molecular formula is C21H27NO3. The Hall–Kier alpha value is -2.62. The number of carbonyl (C=O) groups excluding carboxylic acids is 2. The lowest BCUT2D eigenvalue weighted by Gasteiger charge is -2.10. The smallest absolute Gasteiger partial charge is 0.246 e. The van der Waals surface area contributed by atoms with Gasteiger partial charge in [0.2, 0.25) is 5.91 Å². The summed E-state index contributed by atoms with van der Waals surface area (Å²) in [6.45, 7) is 5.83. The molecule has 0 atom stereocenters. The molecule has 0 saturated heterocycles. The molecule has 4 heteroatoms. The van der Waals surface area contributed by atoms with Crippen molar-refractivity contribution in [2.24, 2.45) is 0 Å². The third-order valence-electron chi connectivity index (χ3n) is 4.05. The van der Waals surface area contributed by atoms with Gasteiger partial charge in [-0.2, -0.15) is 0 Å². The fraction of sp³-hybridized carbons (Fsp3) is 0.333. The Balaban J connectivity index is 3.22. The minimum absolute atomic E-state index is 0.196. The summed E-state index contributed by atoms with van der Waals surface area (Å²) in [5.41, 5.74) is 4.35. The van der Waals surface area contributed by atoms with E-state index < -0.39 is 0 Å². The second-order valence-electron chi connectivity index (χ2n) is 5.86. The first-order valence-corrected chi connectivity index (χ1v) is 8.33. The van der Waals surface area contributed by atoms with Crippen LogP contribution in [0.1, 0.15) is 32.8 Å². The Morgan fingerprint density at radius 2 is 1.96 bits per heavy atom. The van der Waals surface area contributed by atoms with Crippen molar-refractivity contribution in [3.8, 4) is 5.75 Å². The number of amides is 1. The van der Waals surface area contributed by atoms with E-state index in [9.17, 15) is 9.59 Å². The third kappa shape index (κ3) is 6.42. The Morgan fingerprint density at radius 1 is 1.24 bits per heavy atom. The maximum atomic E-state index is 11.7. The molecule has 1 aromatic carbocycles. The minimum Gasteiger partial charge on any atom is -0.497 e. The number of methoxy groups -OCH3 is 1. The molecule has 0 unspecified atom stereocenters. The minimum atomic E-state index is -0.196. The molecule has 25 heavy (non-hydrogen) atoms. The molecular weight excluding hydrogens is 314 g/mol. The SMILES string of the molecule is CC/C(C)=C(/C=C(C=O)\C=C(/C)C(=O)NC)Cc1cccc(OC)c1. The van der Waals surface area contributed by atoms with E-state index in [4.69, 9.17) is 4.74 Å². The molecule has 4 nitrogen and oxygen atoms in total. The van der Waals surface area contributed by atoms with E-state index >= 15 is 0 Å². The summed E-state index contributed by atoms with van der Waals surface area (Å²) in [6.07, 6.45) is 5.83. The van der Waals surface area contributed by atoms with Crippen LogP contribution in [0.15, 0.2) is 58.7 Å². The van der Waals surface area contributed by atoms with Gasteiger partial charge in [0.15, 0.2) is 0 Å². The van der Waals surface area contributed by atoms with Gasteiger partial charge in [0.05, 0.1) is 7.11 Å². The lowest BCUT2D eigenvalue weighted by atomic mass is 9.96. The number of benzene rings is 1. The zero-order valence-corrected chi connectivity index (χ0v) is 15.7. The number of likely N-dealkylation sites (N-methyl/N-ethyl adjacent to an activating group) is 1. The average Bonchev–Trinajstić information content (AvgIpc) is 2.65. The number of allylic oxidation sites excluding steroid dienone is 5. The molecule has 1 rings (SSSR count). The van der Waals surface area contributed by atoms with Crippen molar-refractivity contribution in [3.05, 3.63) is 64.3 Å². The van der Waals surface area contributed by atoms with Crippen LogP contribution >= 0.6 is 0 Å². The highest BCUT2D eigenvalue weighted by molar-refractivity contribution is 5.95. The normalized spacial score (nSPS) is 13.2. The maximum Gasteiger partial charge on any atom is 0.246 e. The first-order valence-electron chi connectivity index (χ1n) is 8.33. The first kappa shape index (κ1) is 20.4. The molecule has 0 aliphatic rings. The van der Waals surface area contributed by atoms with Crippen LogP contribution in [-0.2, 0) is 16.0 Å². The van der Waals surface area contributed by atoms with Crippen LogP contribution < -0.4 is 10.1 Å². The molecule has 0 bridgehead atoms. The summed E-state index contributed by atoms with van der Waals surface area (Å²) in [7, 11) is 3.21. The van der Waals surface area contributed by atoms with Crippen molar-refractivity contribution in [2.45, 2.75) is 33.6 Å². The van der Waals surface area contributed by atoms with Gasteiger partial charge in [-0.3, -0.25) is 9.59 Å². The van der Waals surface area contributed by atoms with Gasteiger partial charge in [0.25, 0.3) is 0 Å². The largest absolute Gasteiger partial charge is 0.497 e. The summed E-state index contributed by atoms with van der Waals surface area (Å²) in [5.74, 6) is 0.610. The molecule has 0 aliphatic carbocycles. The Bertz CT molecular complexity index is 712. The van der Waals surface area contributed by atoms with Crippen LogP contribution in [0.2, 0.25) is 0 Å². The van der Waals surface area contributed by atoms with Crippen LogP contribution in [-0.4, -0.2) is 26.4 Å². The first-order chi connectivity index (χ1) is 11.9. The maximum absolute atomic E-state index is 11.7. The fourth-order valence-corrected chi connectivity index (χ4v) is 2.38. The number of aldehydes is 1. The van der Waals surface area contributed by atoms with Gasteiger partial charge in [-0.05, 0) is 62.1 Å². The highest BCUT2D eigenvalue weighted by Gasteiger charge is 2.06. The van der Waals surface area contributed by atoms with Crippen LogP contribution in [0, 0.1) is 0 Å². The molecule has 134 valence electrons. The standard InChI is InChI=1S/C21H27NO3/c1-6-15(2)19(11-17-8-7-9-20(13-17)25-5)12-18(14-23)10-16(3)21(24)22-4/h7-10,12-14H,6,11H2,1-5H3,(H,22,24)/b16-10+,18-12+,19-15+. The Morgan fingerprint density at radius 3 is 2.52 bits per heavy atom. The van der Waals surface area contributed by atoms with Gasteiger partial charge in [-0.25, -0.2) is 0 Å². The van der Waals surface area contributed by atoms with Gasteiger partial charge in [0.1, 0.15) is 12.0 Å². The summed E-state index contributed by atoms with van der Waals surface area (Å²) in [5, 5.41) is 2.56. The predicted octanol–water partition coefficient (Wildman–Crippen LogP) is 3.78. The Kier molecular flexibility index (Phi) is 8.40. The molecule has 0 aromatic heterocycles. The molecule has 0 fully saturated rings. The van der Waals surface area contributed by atoms with Crippen molar-refractivity contribution in [3.63, 3.8) is 0 Å². The second-order valence-corrected chi connectivity index (χ2v) is 5.86. The van der Waals surface area contributed by atoms with Crippen LogP contribution in [0.5, 0.6) is 5.75 Å². The van der Waals surface area contributed by atoms with Crippen molar-refractivity contribution in [2.75, 3.05) is 14.2 Å². The second kappa shape index (κ2) is 10.3. The van der Waals surface area contributed by atoms with Crippen molar-refractivity contribution >= 4 is 12.2 Å². The van der Waals surface area contributed by atoms with E-state index in [1.54, 1.807) is 27.2 Å². The van der Waals surface area contributed by atoms with E-state index in [2.05, 4.69) is 19.2 Å². The molecule has 0 spiro atoms. The molecule has 1 aromatic rings. The zero-order valence-electron chi connectivity index (χ0n) is 15.7. The number of ether oxygens (including phenoxy) is 1. The summed E-state index contributed by atoms with van der Waals surface area (Å²) >= 11 is 0. The van der Waals surface area contributed by atoms with Gasteiger partial charge in [0, 0.05) is 18.2 Å². The number of nitrogens with one attached hydrogen (secondary N) is 1. The Labute approximate surface area is 150 Å². The molecule has 0 heterocycles. The van der Waals surface area contributed by atoms with E-state index in [0.717, 1.165) is 29.6 Å². The molecule has 1 amide bonds. The lowest BCUT2D eigenvalue weighted by molar-refractivity contribution is -0.117. The van der Waals surface area contributed by atoms with Gasteiger partial charge in [-0.15, -0.1) is 0 Å². The van der Waals surface area contributed by atoms with Crippen molar-refractivity contribution in [1.29, 1.82) is 0 Å². The fourth-order valence-electron chi connectivity index (χ4n) is 2.38. The number of hydrogen-bond acceptors (Lipinski definition) is 3. The number of rotatable bonds is 8. The molecule has 1 N–H and O–H groups in total. The van der Waals surface area contributed by atoms with E-state index in [1.807, 2.05) is 30.3 Å². The van der Waals surface area contributed by atoms with Gasteiger partial charge < -0.3 is 10.1 Å². The quantitative estimate of drug-likeness (QED) is 0.445. The summed E-state index contributed by atoms with van der Waals surface area (Å²) in [4.78, 5) is 23.1. The van der Waals surface area contributed by atoms with Gasteiger partial charge in [-0.1, -0.05) is 24.6 Å². The van der Waals surface area contributed by atoms with Crippen LogP contribution in [0.25, 0.3) is 0 Å². The zero-order chi connectivity index (χ0) is 18.8. The molecule has 0 radical (unpaired) electrons. The lowest BCUT2D eigenvalue weighted by Crippen LogP contribution is -2.18. The predicted molar refractivity (Wildman–Crippen MR) is 102 cm³/mol. The van der Waals surface area contributed by atoms with Crippen molar-refractivity contribution < 1.29 is 14.3 Å². The monoisotopic (exact) mass is 341 g/mol. The molecule has 0 saturated carbocycles. The highest BCUT2D eigenvalue weighted by Crippen LogP contribution is 2.21. The summed E-state index contributed by atoms with van der Waals surface area (Å²) in [6, 6.07) is 7.88. The number of carbonyl (C=O) groups is 2.